The first-order chi connectivity index (χ1) is 14.1. The summed E-state index contributed by atoms with van der Waals surface area (Å²) in [7, 11) is 1.65. The minimum absolute atomic E-state index is 0.0986. The highest BCUT2D eigenvalue weighted by Gasteiger charge is 2.30. The van der Waals surface area contributed by atoms with Gasteiger partial charge in [-0.2, -0.15) is 0 Å². The normalized spacial score (nSPS) is 20.4. The van der Waals surface area contributed by atoms with Crippen molar-refractivity contribution in [3.8, 4) is 10.6 Å². The number of hydrogen-bond donors (Lipinski definition) is 2. The van der Waals surface area contributed by atoms with Gasteiger partial charge >= 0.3 is 0 Å². The van der Waals surface area contributed by atoms with Gasteiger partial charge in [0.15, 0.2) is 0 Å². The SMILES string of the molecule is CN=CC(=CN)N1CCc2nc(-c3ccc(N4CCC[C@H](O)C4)nc3)sc2C1=O. The average molecular weight is 413 g/mol. The first-order valence-electron chi connectivity index (χ1n) is 9.65. The Bertz CT molecular complexity index is 952. The lowest BCUT2D eigenvalue weighted by Gasteiger charge is -2.30. The molecule has 9 heteroatoms. The number of carbonyl (C=O) groups excluding carboxylic acids is 1. The van der Waals surface area contributed by atoms with Gasteiger partial charge in [0.25, 0.3) is 5.91 Å². The topological polar surface area (TPSA) is 108 Å². The molecule has 8 nitrogen and oxygen atoms in total. The average Bonchev–Trinajstić information content (AvgIpc) is 3.18. The van der Waals surface area contributed by atoms with E-state index in [-0.39, 0.29) is 12.0 Å². The predicted octanol–water partition coefficient (Wildman–Crippen LogP) is 1.67. The number of hydrogen-bond acceptors (Lipinski definition) is 8. The Morgan fingerprint density at radius 2 is 2.28 bits per heavy atom. The van der Waals surface area contributed by atoms with Crippen LogP contribution in [-0.4, -0.2) is 64.9 Å². The summed E-state index contributed by atoms with van der Waals surface area (Å²) >= 11 is 1.38. The molecule has 3 N–H and O–H groups in total. The minimum atomic E-state index is -0.296. The monoisotopic (exact) mass is 412 g/mol. The van der Waals surface area contributed by atoms with Crippen molar-refractivity contribution in [2.24, 2.45) is 10.7 Å². The van der Waals surface area contributed by atoms with Crippen molar-refractivity contribution in [3.63, 3.8) is 0 Å². The molecule has 2 aliphatic rings. The molecule has 0 bridgehead atoms. The number of piperidine rings is 1. The number of aliphatic hydroxyl groups excluding tert-OH is 1. The summed E-state index contributed by atoms with van der Waals surface area (Å²) in [6, 6.07) is 3.93. The van der Waals surface area contributed by atoms with Gasteiger partial charge < -0.3 is 20.6 Å². The lowest BCUT2D eigenvalue weighted by atomic mass is 10.1. The van der Waals surface area contributed by atoms with Gasteiger partial charge in [0.05, 0.1) is 17.5 Å². The Labute approximate surface area is 173 Å². The molecule has 1 fully saturated rings. The Morgan fingerprint density at radius 3 is 2.97 bits per heavy atom. The Hall–Kier alpha value is -2.78. The van der Waals surface area contributed by atoms with E-state index in [9.17, 15) is 9.90 Å². The largest absolute Gasteiger partial charge is 0.403 e. The van der Waals surface area contributed by atoms with Gasteiger partial charge in [-0.1, -0.05) is 0 Å². The van der Waals surface area contributed by atoms with E-state index >= 15 is 0 Å². The quantitative estimate of drug-likeness (QED) is 0.740. The Morgan fingerprint density at radius 1 is 1.41 bits per heavy atom. The first-order valence-corrected chi connectivity index (χ1v) is 10.5. The second-order valence-electron chi connectivity index (χ2n) is 7.13. The van der Waals surface area contributed by atoms with Crippen LogP contribution < -0.4 is 10.6 Å². The van der Waals surface area contributed by atoms with Crippen molar-refractivity contribution in [1.29, 1.82) is 0 Å². The van der Waals surface area contributed by atoms with Crippen LogP contribution in [0.4, 0.5) is 5.82 Å². The molecule has 152 valence electrons. The number of fused-ring (bicyclic) bond motifs is 1. The van der Waals surface area contributed by atoms with Crippen molar-refractivity contribution >= 4 is 29.3 Å². The fourth-order valence-corrected chi connectivity index (χ4v) is 4.75. The molecular formula is C20H24N6O2S. The summed E-state index contributed by atoms with van der Waals surface area (Å²) in [5.74, 6) is 0.756. The highest BCUT2D eigenvalue weighted by Crippen LogP contribution is 2.33. The number of amides is 1. The van der Waals surface area contributed by atoms with Gasteiger partial charge in [-0.15, -0.1) is 11.3 Å². The molecule has 2 aromatic heterocycles. The van der Waals surface area contributed by atoms with Crippen LogP contribution in [0.25, 0.3) is 10.6 Å². The van der Waals surface area contributed by atoms with E-state index in [2.05, 4.69) is 19.9 Å². The molecule has 2 aliphatic heterocycles. The number of aliphatic hydroxyl groups is 1. The second kappa shape index (κ2) is 8.30. The maximum absolute atomic E-state index is 12.9. The third-order valence-electron chi connectivity index (χ3n) is 5.17. The number of β-amino-alcohol motifs (C(OH)–C–C–N with tert-alkyl or cyclic N) is 1. The molecule has 0 aromatic carbocycles. The first kappa shape index (κ1) is 19.5. The zero-order chi connectivity index (χ0) is 20.4. The Kier molecular flexibility index (Phi) is 5.59. The molecule has 1 saturated heterocycles. The summed E-state index contributed by atoms with van der Waals surface area (Å²) < 4.78 is 0. The summed E-state index contributed by atoms with van der Waals surface area (Å²) in [6.07, 6.45) is 6.96. The lowest BCUT2D eigenvalue weighted by molar-refractivity contribution is 0.0805. The van der Waals surface area contributed by atoms with Crippen LogP contribution in [0, 0.1) is 0 Å². The van der Waals surface area contributed by atoms with Gasteiger partial charge in [-0.3, -0.25) is 9.79 Å². The number of nitrogens with two attached hydrogens (primary N) is 1. The van der Waals surface area contributed by atoms with Crippen molar-refractivity contribution in [2.45, 2.75) is 25.4 Å². The summed E-state index contributed by atoms with van der Waals surface area (Å²) in [4.78, 5) is 30.5. The molecule has 4 rings (SSSR count). The highest BCUT2D eigenvalue weighted by atomic mass is 32.1. The van der Waals surface area contributed by atoms with E-state index in [0.717, 1.165) is 41.5 Å². The van der Waals surface area contributed by atoms with Gasteiger partial charge in [0.2, 0.25) is 0 Å². The standard InChI is InChI=1S/C20H24N6O2S/c1-22-11-14(9-21)26-8-6-16-18(20(26)28)29-19(24-16)13-4-5-17(23-10-13)25-7-2-3-15(27)12-25/h4-5,9-11,15,27H,2-3,6-8,12,21H2,1H3/t15-/m0/s1. The van der Waals surface area contributed by atoms with Crippen LogP contribution in [0.1, 0.15) is 28.2 Å². The number of allylic oxidation sites excluding steroid dienone is 1. The van der Waals surface area contributed by atoms with Crippen LogP contribution in [0.15, 0.2) is 35.2 Å². The second-order valence-corrected chi connectivity index (χ2v) is 8.13. The van der Waals surface area contributed by atoms with Crippen LogP contribution in [0.3, 0.4) is 0 Å². The van der Waals surface area contributed by atoms with Crippen LogP contribution in [0.5, 0.6) is 0 Å². The number of rotatable bonds is 4. The number of aromatic nitrogens is 2. The molecule has 1 amide bonds. The highest BCUT2D eigenvalue weighted by molar-refractivity contribution is 7.17. The summed E-state index contributed by atoms with van der Waals surface area (Å²) in [5, 5.41) is 10.7. The minimum Gasteiger partial charge on any atom is -0.403 e. The molecule has 0 saturated carbocycles. The summed E-state index contributed by atoms with van der Waals surface area (Å²) in [5.41, 5.74) is 7.96. The van der Waals surface area contributed by atoms with Crippen LogP contribution in [0.2, 0.25) is 0 Å². The molecule has 2 aromatic rings. The van der Waals surface area contributed by atoms with E-state index < -0.39 is 0 Å². The van der Waals surface area contributed by atoms with Crippen LogP contribution >= 0.6 is 11.3 Å². The van der Waals surface area contributed by atoms with Crippen molar-refractivity contribution in [1.82, 2.24) is 14.9 Å². The third-order valence-corrected chi connectivity index (χ3v) is 6.30. The third kappa shape index (κ3) is 3.88. The van der Waals surface area contributed by atoms with E-state index in [0.29, 0.717) is 30.1 Å². The number of pyridine rings is 1. The molecule has 0 radical (unpaired) electrons. The van der Waals surface area contributed by atoms with E-state index in [1.807, 2.05) is 12.1 Å². The fraction of sp³-hybridized carbons (Fsp3) is 0.400. The van der Waals surface area contributed by atoms with E-state index in [1.54, 1.807) is 24.4 Å². The zero-order valence-corrected chi connectivity index (χ0v) is 17.1. The predicted molar refractivity (Wildman–Crippen MR) is 114 cm³/mol. The van der Waals surface area contributed by atoms with Crippen molar-refractivity contribution < 1.29 is 9.90 Å². The number of aliphatic imine (C=N–C) groups is 1. The molecule has 29 heavy (non-hydrogen) atoms. The molecule has 1 atom stereocenters. The molecule has 0 unspecified atom stereocenters. The van der Waals surface area contributed by atoms with Crippen molar-refractivity contribution in [3.05, 3.63) is 40.8 Å². The smallest absolute Gasteiger partial charge is 0.270 e. The molecule has 0 spiro atoms. The maximum Gasteiger partial charge on any atom is 0.270 e. The number of thiazole rings is 1. The van der Waals surface area contributed by atoms with Crippen LogP contribution in [-0.2, 0) is 6.42 Å². The van der Waals surface area contributed by atoms with E-state index in [1.165, 1.54) is 17.5 Å². The van der Waals surface area contributed by atoms with Gasteiger partial charge in [0, 0.05) is 57.3 Å². The van der Waals surface area contributed by atoms with Gasteiger partial charge in [0.1, 0.15) is 15.7 Å². The molecule has 0 aliphatic carbocycles. The zero-order valence-electron chi connectivity index (χ0n) is 16.3. The Balaban J connectivity index is 1.55. The van der Waals surface area contributed by atoms with Gasteiger partial charge in [-0.05, 0) is 25.0 Å². The summed E-state index contributed by atoms with van der Waals surface area (Å²) in [6.45, 7) is 2.04. The molecular weight excluding hydrogens is 388 g/mol. The van der Waals surface area contributed by atoms with Gasteiger partial charge in [-0.25, -0.2) is 9.97 Å². The number of carbonyl (C=O) groups is 1. The number of anilines is 1. The fourth-order valence-electron chi connectivity index (χ4n) is 3.70. The molecule has 4 heterocycles. The van der Waals surface area contributed by atoms with Crippen molar-refractivity contribution in [2.75, 3.05) is 31.6 Å². The maximum atomic E-state index is 12.9. The lowest BCUT2D eigenvalue weighted by Crippen LogP contribution is -2.38. The number of nitrogens with zero attached hydrogens (tertiary/aromatic N) is 5. The van der Waals surface area contributed by atoms with E-state index in [4.69, 9.17) is 5.73 Å².